The lowest BCUT2D eigenvalue weighted by molar-refractivity contribution is 0.0952. The van der Waals surface area contributed by atoms with Crippen molar-refractivity contribution < 1.29 is 4.79 Å². The molecule has 2 aromatic heterocycles. The van der Waals surface area contributed by atoms with Crippen molar-refractivity contribution in [2.45, 2.75) is 6.42 Å². The van der Waals surface area contributed by atoms with Crippen LogP contribution in [0.4, 0.5) is 5.69 Å². The number of fused-ring (bicyclic) bond motifs is 3. The van der Waals surface area contributed by atoms with E-state index >= 15 is 0 Å². The number of carbonyl (C=O) groups excluding carboxylic acids is 1. The molecule has 0 aliphatic carbocycles. The zero-order valence-electron chi connectivity index (χ0n) is 12.9. The molecule has 0 saturated heterocycles. The molecule has 1 aliphatic heterocycles. The third-order valence-corrected chi connectivity index (χ3v) is 4.53. The number of hydrogen-bond donors (Lipinski definition) is 3. The number of H-pyrrole nitrogens is 1. The molecule has 0 spiro atoms. The second-order valence-electron chi connectivity index (χ2n) is 5.58. The van der Waals surface area contributed by atoms with Crippen LogP contribution >= 0.6 is 23.2 Å². The molecule has 0 fully saturated rings. The number of aromatic amines is 1. The van der Waals surface area contributed by atoms with Crippen molar-refractivity contribution in [1.29, 1.82) is 0 Å². The molecule has 8 heteroatoms. The van der Waals surface area contributed by atoms with Gasteiger partial charge in [0, 0.05) is 40.7 Å². The first-order valence-corrected chi connectivity index (χ1v) is 8.42. The van der Waals surface area contributed by atoms with Gasteiger partial charge >= 0.3 is 0 Å². The zero-order valence-corrected chi connectivity index (χ0v) is 14.4. The van der Waals surface area contributed by atoms with E-state index in [-0.39, 0.29) is 5.91 Å². The number of aromatic nitrogens is 2. The van der Waals surface area contributed by atoms with Crippen molar-refractivity contribution in [1.82, 2.24) is 15.3 Å². The predicted molar refractivity (Wildman–Crippen MR) is 99.7 cm³/mol. The highest BCUT2D eigenvalue weighted by Crippen LogP contribution is 2.28. The number of hydrazone groups is 1. The van der Waals surface area contributed by atoms with Gasteiger partial charge in [-0.05, 0) is 30.3 Å². The molecule has 4 rings (SSSR count). The highest BCUT2D eigenvalue weighted by molar-refractivity contribution is 6.32. The van der Waals surface area contributed by atoms with Crippen LogP contribution < -0.4 is 10.7 Å². The summed E-state index contributed by atoms with van der Waals surface area (Å²) in [6.45, 7) is 0.491. The molecule has 3 aromatic rings. The Morgan fingerprint density at radius 3 is 2.96 bits per heavy atom. The van der Waals surface area contributed by atoms with Crippen LogP contribution in [0.15, 0.2) is 41.6 Å². The number of pyridine rings is 1. The molecule has 0 saturated carbocycles. The SMILES string of the molecule is O=C1NCC/C(=N/Nc2cccnc2Cl)c2c1[nH]c1ccc(Cl)cc21. The third-order valence-electron chi connectivity index (χ3n) is 3.99. The number of hydrogen-bond acceptors (Lipinski definition) is 4. The molecular weight excluding hydrogens is 361 g/mol. The monoisotopic (exact) mass is 373 g/mol. The maximum absolute atomic E-state index is 12.4. The van der Waals surface area contributed by atoms with E-state index < -0.39 is 0 Å². The van der Waals surface area contributed by atoms with Crippen LogP contribution in [0.3, 0.4) is 0 Å². The summed E-state index contributed by atoms with van der Waals surface area (Å²) in [7, 11) is 0. The summed E-state index contributed by atoms with van der Waals surface area (Å²) in [4.78, 5) is 19.5. The van der Waals surface area contributed by atoms with Crippen LogP contribution in [-0.4, -0.2) is 28.1 Å². The largest absolute Gasteiger partial charge is 0.350 e. The van der Waals surface area contributed by atoms with Gasteiger partial charge in [0.05, 0.1) is 11.4 Å². The zero-order chi connectivity index (χ0) is 17.4. The summed E-state index contributed by atoms with van der Waals surface area (Å²) < 4.78 is 0. The van der Waals surface area contributed by atoms with E-state index in [0.29, 0.717) is 34.5 Å². The Morgan fingerprint density at radius 2 is 2.12 bits per heavy atom. The Labute approximate surface area is 153 Å². The van der Waals surface area contributed by atoms with Gasteiger partial charge in [-0.25, -0.2) is 4.98 Å². The Morgan fingerprint density at radius 1 is 1.24 bits per heavy atom. The first kappa shape index (κ1) is 15.9. The fourth-order valence-electron chi connectivity index (χ4n) is 2.85. The minimum Gasteiger partial charge on any atom is -0.350 e. The lowest BCUT2D eigenvalue weighted by Crippen LogP contribution is -2.23. The summed E-state index contributed by atoms with van der Waals surface area (Å²) in [6.07, 6.45) is 2.18. The maximum Gasteiger partial charge on any atom is 0.268 e. The number of halogens is 2. The first-order chi connectivity index (χ1) is 12.1. The second kappa shape index (κ2) is 6.38. The molecule has 6 nitrogen and oxygen atoms in total. The van der Waals surface area contributed by atoms with Crippen molar-refractivity contribution in [3.05, 3.63) is 58.0 Å². The lowest BCUT2D eigenvalue weighted by Gasteiger charge is -2.07. The predicted octanol–water partition coefficient (Wildman–Crippen LogP) is 3.82. The van der Waals surface area contributed by atoms with Crippen LogP contribution in [0.2, 0.25) is 10.2 Å². The van der Waals surface area contributed by atoms with E-state index in [1.165, 1.54) is 0 Å². The first-order valence-electron chi connectivity index (χ1n) is 7.66. The molecule has 126 valence electrons. The molecule has 0 atom stereocenters. The van der Waals surface area contributed by atoms with Crippen molar-refractivity contribution in [3.63, 3.8) is 0 Å². The minimum atomic E-state index is -0.160. The Kier molecular flexibility index (Phi) is 4.07. The van der Waals surface area contributed by atoms with Crippen molar-refractivity contribution in [2.75, 3.05) is 12.0 Å². The Hall–Kier alpha value is -2.57. The average molecular weight is 374 g/mol. The number of benzene rings is 1. The fraction of sp³-hybridized carbons (Fsp3) is 0.118. The molecule has 0 unspecified atom stereocenters. The highest BCUT2D eigenvalue weighted by Gasteiger charge is 2.25. The topological polar surface area (TPSA) is 82.2 Å². The maximum atomic E-state index is 12.4. The van der Waals surface area contributed by atoms with E-state index in [9.17, 15) is 4.79 Å². The quantitative estimate of drug-likeness (QED) is 0.471. The standard InChI is InChI=1S/C17H13Cl2N5O/c18-9-3-4-11-10(8-9)14-12(5-7-21-17(25)15(14)22-11)23-24-13-2-1-6-20-16(13)19/h1-4,6,8,22,24H,5,7H2,(H,21,25)/b23-12-. The van der Waals surface area contributed by atoms with Gasteiger partial charge in [-0.15, -0.1) is 0 Å². The average Bonchev–Trinajstić information content (AvgIpc) is 2.90. The number of nitrogens with zero attached hydrogens (tertiary/aromatic N) is 2. The van der Waals surface area contributed by atoms with Crippen LogP contribution in [0, 0.1) is 0 Å². The van der Waals surface area contributed by atoms with Gasteiger partial charge in [0.25, 0.3) is 5.91 Å². The number of rotatable bonds is 2. The van der Waals surface area contributed by atoms with Crippen LogP contribution in [0.5, 0.6) is 0 Å². The van der Waals surface area contributed by atoms with E-state index in [1.807, 2.05) is 12.1 Å². The van der Waals surface area contributed by atoms with Crippen molar-refractivity contribution >= 4 is 51.4 Å². The number of amides is 1. The van der Waals surface area contributed by atoms with Crippen molar-refractivity contribution in [3.8, 4) is 0 Å². The van der Waals surface area contributed by atoms with Crippen LogP contribution in [0.1, 0.15) is 22.5 Å². The molecule has 1 aliphatic rings. The Bertz CT molecular complexity index is 1010. The van der Waals surface area contributed by atoms with Gasteiger partial charge in [-0.2, -0.15) is 5.10 Å². The Balaban J connectivity index is 1.84. The normalized spacial score (nSPS) is 15.8. The van der Waals surface area contributed by atoms with E-state index in [2.05, 4.69) is 25.8 Å². The third kappa shape index (κ3) is 2.94. The van der Waals surface area contributed by atoms with Gasteiger partial charge in [-0.1, -0.05) is 23.2 Å². The number of carbonyl (C=O) groups is 1. The minimum absolute atomic E-state index is 0.160. The fourth-order valence-corrected chi connectivity index (χ4v) is 3.18. The van der Waals surface area contributed by atoms with E-state index in [4.69, 9.17) is 23.2 Å². The van der Waals surface area contributed by atoms with E-state index in [0.717, 1.165) is 22.2 Å². The van der Waals surface area contributed by atoms with Crippen molar-refractivity contribution in [2.24, 2.45) is 5.10 Å². The van der Waals surface area contributed by atoms with E-state index in [1.54, 1.807) is 24.4 Å². The molecular formula is C17H13Cl2N5O. The molecule has 0 bridgehead atoms. The number of nitrogens with one attached hydrogen (secondary N) is 3. The lowest BCUT2D eigenvalue weighted by atomic mass is 10.0. The highest BCUT2D eigenvalue weighted by atomic mass is 35.5. The molecule has 3 heterocycles. The van der Waals surface area contributed by atoms with Gasteiger partial charge in [0.15, 0.2) is 5.15 Å². The summed E-state index contributed by atoms with van der Waals surface area (Å²) in [6, 6.07) is 9.01. The molecule has 3 N–H and O–H groups in total. The van der Waals surface area contributed by atoms with Gasteiger partial charge in [0.2, 0.25) is 0 Å². The van der Waals surface area contributed by atoms with Gasteiger partial charge in [0.1, 0.15) is 5.69 Å². The van der Waals surface area contributed by atoms with Gasteiger partial charge < -0.3 is 10.3 Å². The molecule has 0 radical (unpaired) electrons. The summed E-state index contributed by atoms with van der Waals surface area (Å²) in [5.41, 5.74) is 6.34. The van der Waals surface area contributed by atoms with Crippen LogP contribution in [-0.2, 0) is 0 Å². The molecule has 25 heavy (non-hydrogen) atoms. The molecule has 1 amide bonds. The smallest absolute Gasteiger partial charge is 0.268 e. The summed E-state index contributed by atoms with van der Waals surface area (Å²) in [5, 5.41) is 9.14. The van der Waals surface area contributed by atoms with Crippen LogP contribution in [0.25, 0.3) is 10.9 Å². The number of anilines is 1. The summed E-state index contributed by atoms with van der Waals surface area (Å²) in [5.74, 6) is -0.160. The summed E-state index contributed by atoms with van der Waals surface area (Å²) >= 11 is 12.2. The van der Waals surface area contributed by atoms with Gasteiger partial charge in [-0.3, -0.25) is 10.2 Å². The molecule has 1 aromatic carbocycles. The second-order valence-corrected chi connectivity index (χ2v) is 6.38.